The molecule has 4 heteroatoms. The summed E-state index contributed by atoms with van der Waals surface area (Å²) in [5.41, 5.74) is 4.74. The molecule has 4 nitrogen and oxygen atoms in total. The molecular formula is C23H29N3O+2. The maximum Gasteiger partial charge on any atom is 0.286 e. The molecule has 0 spiro atoms. The number of aromatic nitrogens is 1. The van der Waals surface area contributed by atoms with E-state index in [0.29, 0.717) is 6.54 Å². The van der Waals surface area contributed by atoms with E-state index in [1.807, 2.05) is 16.7 Å². The maximum absolute atomic E-state index is 13.1. The van der Waals surface area contributed by atoms with E-state index in [0.717, 1.165) is 43.9 Å². The van der Waals surface area contributed by atoms with Crippen molar-refractivity contribution in [3.63, 3.8) is 0 Å². The molecule has 2 heterocycles. The lowest BCUT2D eigenvalue weighted by molar-refractivity contribution is -1.02. The molecule has 1 aliphatic rings. The van der Waals surface area contributed by atoms with E-state index in [1.54, 1.807) is 4.90 Å². The SMILES string of the molecule is Cc1c(C)n(C(=O)C[NH+]2CC[NH+](Cc3ccccc3)CC2)c2ccccc12. The first-order chi connectivity index (χ1) is 13.1. The van der Waals surface area contributed by atoms with Crippen molar-refractivity contribution in [2.24, 2.45) is 0 Å². The highest BCUT2D eigenvalue weighted by molar-refractivity contribution is 5.96. The fourth-order valence-corrected chi connectivity index (χ4v) is 4.34. The van der Waals surface area contributed by atoms with E-state index >= 15 is 0 Å². The second-order valence-electron chi connectivity index (χ2n) is 7.80. The lowest BCUT2D eigenvalue weighted by atomic mass is 10.2. The van der Waals surface area contributed by atoms with E-state index in [2.05, 4.69) is 56.3 Å². The number of hydrogen-bond donors (Lipinski definition) is 2. The summed E-state index contributed by atoms with van der Waals surface area (Å²) >= 11 is 0. The Balaban J connectivity index is 1.40. The summed E-state index contributed by atoms with van der Waals surface area (Å²) in [6.45, 7) is 10.2. The molecule has 0 atom stereocenters. The van der Waals surface area contributed by atoms with Gasteiger partial charge in [0.15, 0.2) is 6.54 Å². The van der Waals surface area contributed by atoms with Crippen LogP contribution in [0.15, 0.2) is 54.6 Å². The van der Waals surface area contributed by atoms with Crippen LogP contribution in [0.5, 0.6) is 0 Å². The van der Waals surface area contributed by atoms with Crippen LogP contribution in [0.1, 0.15) is 21.6 Å². The Hall–Kier alpha value is -2.43. The number of quaternary nitrogens is 2. The average molecular weight is 364 g/mol. The Bertz CT molecular complexity index is 937. The van der Waals surface area contributed by atoms with Gasteiger partial charge in [-0.25, -0.2) is 0 Å². The van der Waals surface area contributed by atoms with Gasteiger partial charge in [0.05, 0.1) is 5.52 Å². The summed E-state index contributed by atoms with van der Waals surface area (Å²) in [5, 5.41) is 1.19. The number of para-hydroxylation sites is 1. The second kappa shape index (κ2) is 7.67. The molecular weight excluding hydrogens is 334 g/mol. The van der Waals surface area contributed by atoms with E-state index in [1.165, 1.54) is 21.4 Å². The lowest BCUT2D eigenvalue weighted by Gasteiger charge is -2.29. The minimum Gasteiger partial charge on any atom is -0.322 e. The number of benzene rings is 2. The molecule has 1 saturated heterocycles. The van der Waals surface area contributed by atoms with Crippen molar-refractivity contribution in [3.05, 3.63) is 71.4 Å². The Morgan fingerprint density at radius 1 is 0.889 bits per heavy atom. The predicted octanol–water partition coefficient (Wildman–Crippen LogP) is 0.882. The third-order valence-electron chi connectivity index (χ3n) is 6.04. The molecule has 0 radical (unpaired) electrons. The molecule has 27 heavy (non-hydrogen) atoms. The molecule has 1 aromatic heterocycles. The highest BCUT2D eigenvalue weighted by Crippen LogP contribution is 2.24. The van der Waals surface area contributed by atoms with E-state index < -0.39 is 0 Å². The normalized spacial score (nSPS) is 20.1. The molecule has 0 amide bonds. The molecule has 0 aliphatic carbocycles. The molecule has 1 fully saturated rings. The molecule has 2 N–H and O–H groups in total. The zero-order valence-electron chi connectivity index (χ0n) is 16.3. The number of carbonyl (C=O) groups excluding carboxylic acids is 1. The van der Waals surface area contributed by atoms with Gasteiger partial charge < -0.3 is 9.80 Å². The highest BCUT2D eigenvalue weighted by Gasteiger charge is 2.26. The molecule has 0 saturated carbocycles. The van der Waals surface area contributed by atoms with E-state index in [4.69, 9.17) is 0 Å². The van der Waals surface area contributed by atoms with Crippen molar-refractivity contribution in [3.8, 4) is 0 Å². The van der Waals surface area contributed by atoms with Crippen molar-refractivity contribution in [2.75, 3.05) is 32.7 Å². The van der Waals surface area contributed by atoms with Crippen molar-refractivity contribution in [1.29, 1.82) is 0 Å². The second-order valence-corrected chi connectivity index (χ2v) is 7.80. The Kier molecular flexibility index (Phi) is 5.10. The quantitative estimate of drug-likeness (QED) is 0.709. The number of aryl methyl sites for hydroxylation is 1. The maximum atomic E-state index is 13.1. The summed E-state index contributed by atoms with van der Waals surface area (Å²) in [4.78, 5) is 16.1. The Morgan fingerprint density at radius 2 is 1.52 bits per heavy atom. The first kappa shape index (κ1) is 18.0. The van der Waals surface area contributed by atoms with Crippen LogP contribution in [0.2, 0.25) is 0 Å². The van der Waals surface area contributed by atoms with Gasteiger partial charge in [-0.3, -0.25) is 9.36 Å². The summed E-state index contributed by atoms with van der Waals surface area (Å²) in [7, 11) is 0. The number of fused-ring (bicyclic) bond motifs is 1. The lowest BCUT2D eigenvalue weighted by Crippen LogP contribution is -3.28. The fourth-order valence-electron chi connectivity index (χ4n) is 4.34. The van der Waals surface area contributed by atoms with Crippen molar-refractivity contribution in [1.82, 2.24) is 4.57 Å². The van der Waals surface area contributed by atoms with Crippen LogP contribution in [-0.2, 0) is 6.54 Å². The summed E-state index contributed by atoms with van der Waals surface area (Å²) < 4.78 is 1.93. The zero-order chi connectivity index (χ0) is 18.8. The van der Waals surface area contributed by atoms with Gasteiger partial charge in [-0.15, -0.1) is 0 Å². The number of carbonyl (C=O) groups is 1. The molecule has 0 bridgehead atoms. The average Bonchev–Trinajstić information content (AvgIpc) is 2.95. The van der Waals surface area contributed by atoms with Gasteiger partial charge in [0.2, 0.25) is 0 Å². The minimum atomic E-state index is 0.221. The summed E-state index contributed by atoms with van der Waals surface area (Å²) in [6, 6.07) is 18.9. The van der Waals surface area contributed by atoms with Crippen LogP contribution in [-0.4, -0.2) is 43.2 Å². The van der Waals surface area contributed by atoms with E-state index in [9.17, 15) is 4.79 Å². The summed E-state index contributed by atoms with van der Waals surface area (Å²) in [6.07, 6.45) is 0. The molecule has 2 aromatic carbocycles. The number of rotatable bonds is 4. The smallest absolute Gasteiger partial charge is 0.286 e. The summed E-state index contributed by atoms with van der Waals surface area (Å²) in [5.74, 6) is 0.221. The number of nitrogens with zero attached hydrogens (tertiary/aromatic N) is 1. The van der Waals surface area contributed by atoms with Gasteiger partial charge in [-0.2, -0.15) is 0 Å². The number of nitrogens with one attached hydrogen (secondary N) is 2. The largest absolute Gasteiger partial charge is 0.322 e. The Morgan fingerprint density at radius 3 is 2.26 bits per heavy atom. The standard InChI is InChI=1S/C23H27N3O/c1-18-19(2)26(22-11-7-6-10-21(18)22)23(27)17-25-14-12-24(13-15-25)16-20-8-4-3-5-9-20/h3-11H,12-17H2,1-2H3/p+2. The predicted molar refractivity (Wildman–Crippen MR) is 108 cm³/mol. The first-order valence-corrected chi connectivity index (χ1v) is 9.94. The van der Waals surface area contributed by atoms with Gasteiger partial charge in [0.1, 0.15) is 32.7 Å². The minimum absolute atomic E-state index is 0.221. The van der Waals surface area contributed by atoms with Crippen molar-refractivity contribution < 1.29 is 14.6 Å². The molecule has 1 aliphatic heterocycles. The fraction of sp³-hybridized carbons (Fsp3) is 0.348. The monoisotopic (exact) mass is 363 g/mol. The van der Waals surface area contributed by atoms with Crippen LogP contribution >= 0.6 is 0 Å². The van der Waals surface area contributed by atoms with Gasteiger partial charge >= 0.3 is 0 Å². The molecule has 3 aromatic rings. The highest BCUT2D eigenvalue weighted by atomic mass is 16.2. The van der Waals surface area contributed by atoms with Crippen molar-refractivity contribution in [2.45, 2.75) is 20.4 Å². The van der Waals surface area contributed by atoms with Crippen LogP contribution < -0.4 is 9.80 Å². The van der Waals surface area contributed by atoms with Crippen molar-refractivity contribution >= 4 is 16.8 Å². The van der Waals surface area contributed by atoms with Gasteiger partial charge in [-0.1, -0.05) is 48.5 Å². The Labute approximate surface area is 161 Å². The van der Waals surface area contributed by atoms with Gasteiger partial charge in [0, 0.05) is 16.6 Å². The molecule has 4 rings (SSSR count). The molecule has 0 unspecified atom stereocenters. The first-order valence-electron chi connectivity index (χ1n) is 9.94. The van der Waals surface area contributed by atoms with Gasteiger partial charge in [0.25, 0.3) is 5.91 Å². The topological polar surface area (TPSA) is 30.9 Å². The number of piperazine rings is 1. The number of hydrogen-bond acceptors (Lipinski definition) is 1. The third-order valence-corrected chi connectivity index (χ3v) is 6.04. The van der Waals surface area contributed by atoms with Gasteiger partial charge in [-0.05, 0) is 25.5 Å². The van der Waals surface area contributed by atoms with Crippen LogP contribution in [0, 0.1) is 13.8 Å². The van der Waals surface area contributed by atoms with Crippen LogP contribution in [0.25, 0.3) is 10.9 Å². The van der Waals surface area contributed by atoms with E-state index in [-0.39, 0.29) is 5.91 Å². The van der Waals surface area contributed by atoms with Crippen LogP contribution in [0.4, 0.5) is 0 Å². The zero-order valence-corrected chi connectivity index (χ0v) is 16.3. The third kappa shape index (κ3) is 3.68. The van der Waals surface area contributed by atoms with Crippen LogP contribution in [0.3, 0.4) is 0 Å². The molecule has 140 valence electrons.